The summed E-state index contributed by atoms with van der Waals surface area (Å²) in [6, 6.07) is 14.8. The molecule has 2 aromatic carbocycles. The van der Waals surface area contributed by atoms with E-state index in [9.17, 15) is 4.79 Å². The monoisotopic (exact) mass is 444 g/mol. The van der Waals surface area contributed by atoms with E-state index in [1.54, 1.807) is 31.5 Å². The molecular formula is C26H24N2O5. The summed E-state index contributed by atoms with van der Waals surface area (Å²) in [7, 11) is 0. The molecule has 0 radical (unpaired) electrons. The zero-order valence-corrected chi connectivity index (χ0v) is 18.5. The Morgan fingerprint density at radius 2 is 1.85 bits per heavy atom. The molecule has 0 unspecified atom stereocenters. The maximum absolute atomic E-state index is 13.4. The van der Waals surface area contributed by atoms with Gasteiger partial charge in [0.15, 0.2) is 11.5 Å². The smallest absolute Gasteiger partial charge is 0.235 e. The molecule has 33 heavy (non-hydrogen) atoms. The second-order valence-corrected chi connectivity index (χ2v) is 7.83. The molecule has 0 aliphatic carbocycles. The van der Waals surface area contributed by atoms with Crippen molar-refractivity contribution in [1.29, 1.82) is 0 Å². The predicted molar refractivity (Wildman–Crippen MR) is 124 cm³/mol. The van der Waals surface area contributed by atoms with E-state index in [2.05, 4.69) is 9.88 Å². The topological polar surface area (TPSA) is 74.0 Å². The highest BCUT2D eigenvalue weighted by molar-refractivity contribution is 5.83. The number of benzene rings is 2. The lowest BCUT2D eigenvalue weighted by Gasteiger charge is -2.29. The SMILES string of the molecule is CCOc1ccccc1Oc1c(C)oc2c3c(ccc2c1=O)OCN(Cc1ccncc1)C3. The first-order valence-electron chi connectivity index (χ1n) is 10.9. The maximum Gasteiger partial charge on any atom is 0.235 e. The molecule has 0 atom stereocenters. The fraction of sp³-hybridized carbons (Fsp3) is 0.231. The van der Waals surface area contributed by atoms with Gasteiger partial charge in [0.2, 0.25) is 11.2 Å². The molecule has 4 aromatic rings. The number of aryl methyl sites for hydroxylation is 1. The van der Waals surface area contributed by atoms with Crippen molar-refractivity contribution in [2.45, 2.75) is 26.9 Å². The van der Waals surface area contributed by atoms with Crippen LogP contribution in [0.3, 0.4) is 0 Å². The molecule has 0 fully saturated rings. The first kappa shape index (κ1) is 21.0. The van der Waals surface area contributed by atoms with Crippen LogP contribution in [0.4, 0.5) is 0 Å². The number of nitrogens with zero attached hydrogens (tertiary/aromatic N) is 2. The Bertz CT molecular complexity index is 1350. The summed E-state index contributed by atoms with van der Waals surface area (Å²) in [5.74, 6) is 2.33. The molecule has 1 aliphatic heterocycles. The van der Waals surface area contributed by atoms with Gasteiger partial charge in [0.25, 0.3) is 0 Å². The van der Waals surface area contributed by atoms with Crippen LogP contribution in [0.15, 0.2) is 70.1 Å². The highest BCUT2D eigenvalue weighted by Crippen LogP contribution is 2.36. The lowest BCUT2D eigenvalue weighted by atomic mass is 10.1. The Kier molecular flexibility index (Phi) is 5.71. The lowest BCUT2D eigenvalue weighted by molar-refractivity contribution is 0.0889. The van der Waals surface area contributed by atoms with Crippen molar-refractivity contribution >= 4 is 11.0 Å². The summed E-state index contributed by atoms with van der Waals surface area (Å²) < 4.78 is 23.8. The third kappa shape index (κ3) is 4.15. The van der Waals surface area contributed by atoms with Crippen molar-refractivity contribution in [2.24, 2.45) is 0 Å². The summed E-state index contributed by atoms with van der Waals surface area (Å²) in [5, 5.41) is 0.456. The fourth-order valence-corrected chi connectivity index (χ4v) is 3.99. The second-order valence-electron chi connectivity index (χ2n) is 7.83. The molecule has 168 valence electrons. The van der Waals surface area contributed by atoms with Crippen LogP contribution in [0, 0.1) is 6.92 Å². The molecule has 0 N–H and O–H groups in total. The average molecular weight is 444 g/mol. The van der Waals surface area contributed by atoms with Gasteiger partial charge in [-0.15, -0.1) is 0 Å². The third-order valence-corrected chi connectivity index (χ3v) is 5.54. The fourth-order valence-electron chi connectivity index (χ4n) is 3.99. The van der Waals surface area contributed by atoms with Gasteiger partial charge in [0, 0.05) is 25.5 Å². The van der Waals surface area contributed by atoms with Crippen molar-refractivity contribution in [1.82, 2.24) is 9.88 Å². The van der Waals surface area contributed by atoms with E-state index in [4.69, 9.17) is 18.6 Å². The quantitative estimate of drug-likeness (QED) is 0.412. The van der Waals surface area contributed by atoms with Crippen molar-refractivity contribution in [3.63, 3.8) is 0 Å². The Labute approximate surface area is 191 Å². The molecule has 7 heteroatoms. The highest BCUT2D eigenvalue weighted by atomic mass is 16.5. The normalized spacial score (nSPS) is 13.4. The first-order chi connectivity index (χ1) is 16.1. The van der Waals surface area contributed by atoms with Crippen LogP contribution in [0.1, 0.15) is 23.8 Å². The van der Waals surface area contributed by atoms with Gasteiger partial charge in [0.05, 0.1) is 17.6 Å². The van der Waals surface area contributed by atoms with Crippen molar-refractivity contribution in [3.8, 4) is 23.0 Å². The molecule has 7 nitrogen and oxygen atoms in total. The number of fused-ring (bicyclic) bond motifs is 3. The molecule has 3 heterocycles. The molecule has 0 amide bonds. The minimum atomic E-state index is -0.228. The van der Waals surface area contributed by atoms with E-state index >= 15 is 0 Å². The number of rotatable bonds is 6. The number of para-hydroxylation sites is 2. The standard InChI is InChI=1S/C26H24N2O5/c1-3-30-22-6-4-5-7-23(22)33-25-17(2)32-26-19(24(25)29)8-9-21-20(26)15-28(16-31-21)14-18-10-12-27-13-11-18/h4-13H,3,14-16H2,1-2H3. The zero-order valence-electron chi connectivity index (χ0n) is 18.5. The van der Waals surface area contributed by atoms with Crippen molar-refractivity contribution in [2.75, 3.05) is 13.3 Å². The van der Waals surface area contributed by atoms with Crippen LogP contribution in [-0.4, -0.2) is 23.2 Å². The van der Waals surface area contributed by atoms with E-state index in [0.29, 0.717) is 54.7 Å². The first-order valence-corrected chi connectivity index (χ1v) is 10.9. The van der Waals surface area contributed by atoms with Gasteiger partial charge in [-0.2, -0.15) is 0 Å². The van der Waals surface area contributed by atoms with E-state index in [-0.39, 0.29) is 11.2 Å². The van der Waals surface area contributed by atoms with Crippen LogP contribution < -0.4 is 19.6 Å². The van der Waals surface area contributed by atoms with E-state index in [1.807, 2.05) is 43.3 Å². The summed E-state index contributed by atoms with van der Waals surface area (Å²) in [5.41, 5.74) is 2.29. The van der Waals surface area contributed by atoms with Gasteiger partial charge in [-0.25, -0.2) is 0 Å². The van der Waals surface area contributed by atoms with E-state index in [0.717, 1.165) is 16.9 Å². The Hall–Kier alpha value is -3.84. The van der Waals surface area contributed by atoms with Crippen LogP contribution in [0.25, 0.3) is 11.0 Å². The van der Waals surface area contributed by atoms with Crippen LogP contribution >= 0.6 is 0 Å². The minimum Gasteiger partial charge on any atom is -0.490 e. The van der Waals surface area contributed by atoms with Crippen molar-refractivity contribution < 1.29 is 18.6 Å². The largest absolute Gasteiger partial charge is 0.490 e. The molecule has 0 saturated carbocycles. The molecule has 0 bridgehead atoms. The van der Waals surface area contributed by atoms with Crippen LogP contribution in [0.5, 0.6) is 23.0 Å². The zero-order chi connectivity index (χ0) is 22.8. The summed E-state index contributed by atoms with van der Waals surface area (Å²) in [6.07, 6.45) is 3.55. The number of ether oxygens (including phenoxy) is 3. The Morgan fingerprint density at radius 1 is 1.06 bits per heavy atom. The Balaban J connectivity index is 1.51. The summed E-state index contributed by atoms with van der Waals surface area (Å²) >= 11 is 0. The molecular weight excluding hydrogens is 420 g/mol. The van der Waals surface area contributed by atoms with Gasteiger partial charge in [-0.3, -0.25) is 14.7 Å². The molecule has 0 saturated heterocycles. The number of hydrogen-bond donors (Lipinski definition) is 0. The van der Waals surface area contributed by atoms with Crippen molar-refractivity contribution in [3.05, 3.63) is 88.0 Å². The second kappa shape index (κ2) is 8.96. The molecule has 2 aromatic heterocycles. The lowest BCUT2D eigenvalue weighted by Crippen LogP contribution is -2.31. The summed E-state index contributed by atoms with van der Waals surface area (Å²) in [4.78, 5) is 19.6. The number of hydrogen-bond acceptors (Lipinski definition) is 7. The van der Waals surface area contributed by atoms with E-state index in [1.165, 1.54) is 0 Å². The van der Waals surface area contributed by atoms with Gasteiger partial charge < -0.3 is 18.6 Å². The van der Waals surface area contributed by atoms with Crippen LogP contribution in [0.2, 0.25) is 0 Å². The summed E-state index contributed by atoms with van der Waals surface area (Å²) in [6.45, 7) is 5.89. The molecule has 0 spiro atoms. The predicted octanol–water partition coefficient (Wildman–Crippen LogP) is 5.04. The maximum atomic E-state index is 13.4. The number of pyridine rings is 1. The van der Waals surface area contributed by atoms with Gasteiger partial charge >= 0.3 is 0 Å². The third-order valence-electron chi connectivity index (χ3n) is 5.54. The van der Waals surface area contributed by atoms with Gasteiger partial charge in [0.1, 0.15) is 23.8 Å². The highest BCUT2D eigenvalue weighted by Gasteiger charge is 2.24. The van der Waals surface area contributed by atoms with Gasteiger partial charge in [-0.1, -0.05) is 12.1 Å². The Morgan fingerprint density at radius 3 is 2.64 bits per heavy atom. The average Bonchev–Trinajstić information content (AvgIpc) is 2.83. The van der Waals surface area contributed by atoms with E-state index < -0.39 is 0 Å². The number of aromatic nitrogens is 1. The molecule has 5 rings (SSSR count). The van der Waals surface area contributed by atoms with Crippen LogP contribution in [-0.2, 0) is 13.1 Å². The van der Waals surface area contributed by atoms with Gasteiger partial charge in [-0.05, 0) is 55.8 Å². The molecule has 1 aliphatic rings. The minimum absolute atomic E-state index is 0.153.